The van der Waals surface area contributed by atoms with Gasteiger partial charge in [0, 0.05) is 12.1 Å². The molecule has 0 spiro atoms. The van der Waals surface area contributed by atoms with E-state index in [0.29, 0.717) is 0 Å². The molecule has 0 fully saturated rings. The number of aliphatic hydroxyl groups is 1. The highest BCUT2D eigenvalue weighted by atomic mass is 19.4. The van der Waals surface area contributed by atoms with Gasteiger partial charge in [-0.05, 0) is 25.7 Å². The van der Waals surface area contributed by atoms with Gasteiger partial charge in [0.15, 0.2) is 0 Å². The Morgan fingerprint density at radius 3 is 1.39 bits per heavy atom. The van der Waals surface area contributed by atoms with Crippen molar-refractivity contribution in [3.63, 3.8) is 0 Å². The first-order chi connectivity index (χ1) is 7.63. The summed E-state index contributed by atoms with van der Waals surface area (Å²) in [6, 6.07) is 0. The fourth-order valence-corrected chi connectivity index (χ4v) is 2.14. The summed E-state index contributed by atoms with van der Waals surface area (Å²) in [5.74, 6) is 0. The van der Waals surface area contributed by atoms with Crippen molar-refractivity contribution >= 4 is 0 Å². The van der Waals surface area contributed by atoms with Crippen LogP contribution in [0, 0.1) is 5.41 Å². The third-order valence-electron chi connectivity index (χ3n) is 2.45. The molecule has 0 aromatic carbocycles. The van der Waals surface area contributed by atoms with Crippen LogP contribution in [0.5, 0.6) is 0 Å². The summed E-state index contributed by atoms with van der Waals surface area (Å²) in [5.41, 5.74) is -3.25. The molecular formula is C10H17F6NO. The molecule has 18 heavy (non-hydrogen) atoms. The minimum absolute atomic E-state index is 0.463. The Labute approximate surface area is 102 Å². The van der Waals surface area contributed by atoms with Crippen LogP contribution < -0.4 is 0 Å². The number of hydrogen-bond donors (Lipinski definition) is 1. The average molecular weight is 281 g/mol. The van der Waals surface area contributed by atoms with E-state index in [9.17, 15) is 26.3 Å². The fraction of sp³-hybridized carbons (Fsp3) is 1.00. The quantitative estimate of drug-likeness (QED) is 0.629. The summed E-state index contributed by atoms with van der Waals surface area (Å²) in [6.45, 7) is 4.01. The van der Waals surface area contributed by atoms with Crippen molar-refractivity contribution in [2.45, 2.75) is 52.3 Å². The van der Waals surface area contributed by atoms with Crippen LogP contribution in [-0.4, -0.2) is 34.8 Å². The van der Waals surface area contributed by atoms with Gasteiger partial charge < -0.3 is 5.11 Å². The van der Waals surface area contributed by atoms with E-state index in [1.807, 2.05) is 0 Å². The smallest absolute Gasteiger partial charge is 0.396 e. The highest BCUT2D eigenvalue weighted by Crippen LogP contribution is 2.44. The second-order valence-corrected chi connectivity index (χ2v) is 5.58. The summed E-state index contributed by atoms with van der Waals surface area (Å²) >= 11 is 0. The van der Waals surface area contributed by atoms with Gasteiger partial charge in [-0.2, -0.15) is 26.3 Å². The monoisotopic (exact) mass is 281 g/mol. The highest BCUT2D eigenvalue weighted by molar-refractivity contribution is 4.90. The van der Waals surface area contributed by atoms with Gasteiger partial charge in [-0.3, -0.25) is 0 Å². The van der Waals surface area contributed by atoms with Gasteiger partial charge in [0.2, 0.25) is 0 Å². The van der Waals surface area contributed by atoms with E-state index < -0.39 is 41.5 Å². The molecule has 1 N–H and O–H groups in total. The molecule has 0 radical (unpaired) electrons. The SMILES string of the molecule is CC(C)(CO)CC(C)(C)N(C(F)(F)F)C(F)(F)F. The van der Waals surface area contributed by atoms with Crippen LogP contribution in [-0.2, 0) is 0 Å². The van der Waals surface area contributed by atoms with Crippen LogP contribution in [0.3, 0.4) is 0 Å². The number of alkyl halides is 6. The predicted molar refractivity (Wildman–Crippen MR) is 53.5 cm³/mol. The maximum Gasteiger partial charge on any atom is 0.467 e. The predicted octanol–water partition coefficient (Wildman–Crippen LogP) is 3.52. The summed E-state index contributed by atoms with van der Waals surface area (Å²) in [7, 11) is 0. The molecule has 0 aromatic heterocycles. The lowest BCUT2D eigenvalue weighted by atomic mass is 9.80. The Bertz CT molecular complexity index is 267. The molecule has 0 saturated carbocycles. The van der Waals surface area contributed by atoms with Gasteiger partial charge in [0.05, 0.1) is 0 Å². The Hall–Kier alpha value is -0.500. The second-order valence-electron chi connectivity index (χ2n) is 5.58. The first-order valence-electron chi connectivity index (χ1n) is 5.18. The van der Waals surface area contributed by atoms with Gasteiger partial charge in [-0.1, -0.05) is 13.8 Å². The number of nitrogens with zero attached hydrogens (tertiary/aromatic N) is 1. The van der Waals surface area contributed by atoms with Gasteiger partial charge >= 0.3 is 12.6 Å². The molecule has 0 saturated heterocycles. The molecule has 110 valence electrons. The molecular weight excluding hydrogens is 264 g/mol. The van der Waals surface area contributed by atoms with E-state index in [1.54, 1.807) is 0 Å². The molecule has 0 atom stereocenters. The van der Waals surface area contributed by atoms with E-state index >= 15 is 0 Å². The Balaban J connectivity index is 5.37. The van der Waals surface area contributed by atoms with Crippen molar-refractivity contribution in [2.75, 3.05) is 6.61 Å². The second kappa shape index (κ2) is 4.88. The summed E-state index contributed by atoms with van der Waals surface area (Å²) in [4.78, 5) is -1.43. The molecule has 0 rings (SSSR count). The van der Waals surface area contributed by atoms with Crippen molar-refractivity contribution < 1.29 is 31.4 Å². The lowest BCUT2D eigenvalue weighted by Gasteiger charge is -2.43. The summed E-state index contributed by atoms with van der Waals surface area (Å²) in [6.07, 6.45) is -11.5. The van der Waals surface area contributed by atoms with Crippen molar-refractivity contribution in [3.05, 3.63) is 0 Å². The van der Waals surface area contributed by atoms with E-state index in [2.05, 4.69) is 0 Å². The molecule has 0 unspecified atom stereocenters. The van der Waals surface area contributed by atoms with Crippen molar-refractivity contribution in [1.29, 1.82) is 0 Å². The zero-order valence-corrected chi connectivity index (χ0v) is 10.6. The molecule has 0 aromatic rings. The van der Waals surface area contributed by atoms with E-state index in [4.69, 9.17) is 5.11 Å². The fourth-order valence-electron chi connectivity index (χ4n) is 2.14. The third-order valence-corrected chi connectivity index (χ3v) is 2.45. The van der Waals surface area contributed by atoms with Crippen LogP contribution in [0.1, 0.15) is 34.1 Å². The van der Waals surface area contributed by atoms with Crippen molar-refractivity contribution in [2.24, 2.45) is 5.41 Å². The first-order valence-corrected chi connectivity index (χ1v) is 5.18. The highest BCUT2D eigenvalue weighted by Gasteiger charge is 2.60. The molecule has 0 bridgehead atoms. The minimum atomic E-state index is -5.52. The van der Waals surface area contributed by atoms with Crippen LogP contribution in [0.4, 0.5) is 26.3 Å². The van der Waals surface area contributed by atoms with E-state index in [-0.39, 0.29) is 0 Å². The largest absolute Gasteiger partial charge is 0.467 e. The molecule has 2 nitrogen and oxygen atoms in total. The summed E-state index contributed by atoms with van der Waals surface area (Å²) < 4.78 is 75.2. The number of aliphatic hydroxyl groups excluding tert-OH is 1. The number of halogens is 6. The van der Waals surface area contributed by atoms with Gasteiger partial charge in [-0.15, -0.1) is 4.90 Å². The first kappa shape index (κ1) is 17.5. The Morgan fingerprint density at radius 2 is 1.17 bits per heavy atom. The number of hydrogen-bond acceptors (Lipinski definition) is 2. The summed E-state index contributed by atoms with van der Waals surface area (Å²) in [5, 5.41) is 8.96. The van der Waals surface area contributed by atoms with Crippen LogP contribution in [0.25, 0.3) is 0 Å². The lowest BCUT2D eigenvalue weighted by molar-refractivity contribution is -0.399. The van der Waals surface area contributed by atoms with E-state index in [1.165, 1.54) is 13.8 Å². The van der Waals surface area contributed by atoms with Crippen molar-refractivity contribution in [1.82, 2.24) is 4.90 Å². The average Bonchev–Trinajstić information content (AvgIpc) is 1.94. The van der Waals surface area contributed by atoms with Gasteiger partial charge in [0.25, 0.3) is 0 Å². The Morgan fingerprint density at radius 1 is 0.833 bits per heavy atom. The minimum Gasteiger partial charge on any atom is -0.396 e. The van der Waals surface area contributed by atoms with Gasteiger partial charge in [0.1, 0.15) is 0 Å². The topological polar surface area (TPSA) is 23.5 Å². The zero-order valence-electron chi connectivity index (χ0n) is 10.6. The molecule has 8 heteroatoms. The molecule has 0 amide bonds. The zero-order chi connectivity index (χ0) is 15.0. The number of rotatable bonds is 4. The van der Waals surface area contributed by atoms with Crippen molar-refractivity contribution in [3.8, 4) is 0 Å². The molecule has 0 aliphatic carbocycles. The lowest BCUT2D eigenvalue weighted by Crippen LogP contribution is -2.60. The maximum absolute atomic E-state index is 12.5. The van der Waals surface area contributed by atoms with Gasteiger partial charge in [-0.25, -0.2) is 0 Å². The molecule has 0 heterocycles. The molecule has 0 aliphatic heterocycles. The van der Waals surface area contributed by atoms with Crippen LogP contribution >= 0.6 is 0 Å². The normalized spacial score (nSPS) is 15.3. The van der Waals surface area contributed by atoms with Crippen LogP contribution in [0.15, 0.2) is 0 Å². The van der Waals surface area contributed by atoms with E-state index in [0.717, 1.165) is 13.8 Å². The van der Waals surface area contributed by atoms with Crippen LogP contribution in [0.2, 0.25) is 0 Å². The standard InChI is InChI=1S/C10H17F6NO/c1-7(2,6-18)5-8(3,4)17(9(11,12)13)10(14,15)16/h18H,5-6H2,1-4H3. The molecule has 0 aliphatic rings. The Kier molecular flexibility index (Phi) is 4.74. The third kappa shape index (κ3) is 4.64. The maximum atomic E-state index is 12.5.